The fourth-order valence-electron chi connectivity index (χ4n) is 2.59. The van der Waals surface area contributed by atoms with Gasteiger partial charge in [0.1, 0.15) is 5.75 Å². The van der Waals surface area contributed by atoms with Crippen molar-refractivity contribution in [1.29, 1.82) is 0 Å². The first-order valence-electron chi connectivity index (χ1n) is 8.00. The summed E-state index contributed by atoms with van der Waals surface area (Å²) in [5.41, 5.74) is 0.805. The Morgan fingerprint density at radius 1 is 1.35 bits per heavy atom. The van der Waals surface area contributed by atoms with Crippen LogP contribution in [0.15, 0.2) is 29.2 Å². The third-order valence-electron chi connectivity index (χ3n) is 3.86. The molecule has 0 saturated heterocycles. The maximum Gasteiger partial charge on any atom is 0.413 e. The quantitative estimate of drug-likeness (QED) is 0.832. The highest BCUT2D eigenvalue weighted by molar-refractivity contribution is 7.89. The van der Waals surface area contributed by atoms with Gasteiger partial charge >= 0.3 is 6.09 Å². The van der Waals surface area contributed by atoms with Crippen molar-refractivity contribution >= 4 is 32.6 Å². The van der Waals surface area contributed by atoms with Crippen LogP contribution in [0.1, 0.15) is 17.5 Å². The molecule has 1 aromatic carbocycles. The Morgan fingerprint density at radius 2 is 2.08 bits per heavy atom. The number of aromatic nitrogens is 1. The number of ether oxygens (including phenoxy) is 2. The predicted molar refractivity (Wildman–Crippen MR) is 97.1 cm³/mol. The standard InChI is InChI=1S/C16H19N3O5S2/c1-3-24-11-4-6-12(7-5-11)26(21,22)19-9-8-13-14(10-19)25-15(17-13)18-16(20)23-2/h4-7H,3,8-10H2,1-2H3,(H,17,18,20). The monoisotopic (exact) mass is 397 g/mol. The molecule has 1 amide bonds. The second kappa shape index (κ2) is 7.60. The molecule has 1 aliphatic heterocycles. The smallest absolute Gasteiger partial charge is 0.413 e. The second-order valence-corrected chi connectivity index (χ2v) is 8.52. The third-order valence-corrected chi connectivity index (χ3v) is 6.72. The minimum Gasteiger partial charge on any atom is -0.494 e. The van der Waals surface area contributed by atoms with Crippen molar-refractivity contribution in [2.45, 2.75) is 24.8 Å². The molecule has 3 rings (SSSR count). The lowest BCUT2D eigenvalue weighted by Crippen LogP contribution is -2.35. The molecular weight excluding hydrogens is 378 g/mol. The highest BCUT2D eigenvalue weighted by Gasteiger charge is 2.30. The normalized spacial score (nSPS) is 14.5. The number of rotatable bonds is 5. The number of carbonyl (C=O) groups excluding carboxylic acids is 1. The molecule has 0 fully saturated rings. The van der Waals surface area contributed by atoms with Crippen molar-refractivity contribution < 1.29 is 22.7 Å². The van der Waals surface area contributed by atoms with Crippen molar-refractivity contribution in [2.75, 3.05) is 25.6 Å². The van der Waals surface area contributed by atoms with Crippen LogP contribution in [0.2, 0.25) is 0 Å². The Kier molecular flexibility index (Phi) is 5.44. The lowest BCUT2D eigenvalue weighted by molar-refractivity contribution is 0.187. The zero-order chi connectivity index (χ0) is 18.7. The molecule has 1 aromatic heterocycles. The minimum absolute atomic E-state index is 0.224. The number of hydrogen-bond donors (Lipinski definition) is 1. The molecule has 0 aliphatic carbocycles. The molecule has 1 aliphatic rings. The van der Waals surface area contributed by atoms with Crippen LogP contribution in [0.3, 0.4) is 0 Å². The summed E-state index contributed by atoms with van der Waals surface area (Å²) in [6.07, 6.45) is -0.111. The molecule has 0 spiro atoms. The summed E-state index contributed by atoms with van der Waals surface area (Å²) >= 11 is 1.25. The van der Waals surface area contributed by atoms with Crippen LogP contribution in [0, 0.1) is 0 Å². The van der Waals surface area contributed by atoms with E-state index in [2.05, 4.69) is 15.0 Å². The van der Waals surface area contributed by atoms with E-state index < -0.39 is 16.1 Å². The first-order valence-corrected chi connectivity index (χ1v) is 10.3. The predicted octanol–water partition coefficient (Wildman–Crippen LogP) is 2.47. The van der Waals surface area contributed by atoms with E-state index in [9.17, 15) is 13.2 Å². The summed E-state index contributed by atoms with van der Waals surface area (Å²) in [5, 5.41) is 2.92. The number of nitrogens with zero attached hydrogens (tertiary/aromatic N) is 2. The van der Waals surface area contributed by atoms with Crippen molar-refractivity contribution in [2.24, 2.45) is 0 Å². The molecule has 0 radical (unpaired) electrons. The Hall–Kier alpha value is -2.17. The van der Waals surface area contributed by atoms with E-state index in [4.69, 9.17) is 4.74 Å². The number of carbonyl (C=O) groups is 1. The number of hydrogen-bond acceptors (Lipinski definition) is 7. The van der Waals surface area contributed by atoms with E-state index in [1.54, 1.807) is 24.3 Å². The number of fused-ring (bicyclic) bond motifs is 1. The zero-order valence-electron chi connectivity index (χ0n) is 14.4. The maximum atomic E-state index is 12.9. The summed E-state index contributed by atoms with van der Waals surface area (Å²) in [6, 6.07) is 6.40. The molecule has 0 bridgehead atoms. The Balaban J connectivity index is 1.77. The molecule has 2 aromatic rings. The van der Waals surface area contributed by atoms with Crippen LogP contribution >= 0.6 is 11.3 Å². The van der Waals surface area contributed by atoms with Gasteiger partial charge in [0.05, 0.1) is 30.9 Å². The molecule has 0 atom stereocenters. The molecule has 1 N–H and O–H groups in total. The molecule has 10 heteroatoms. The van der Waals surface area contributed by atoms with Gasteiger partial charge in [-0.2, -0.15) is 4.31 Å². The van der Waals surface area contributed by atoms with Crippen LogP contribution in [0.4, 0.5) is 9.93 Å². The van der Waals surface area contributed by atoms with Crippen molar-refractivity contribution in [3.63, 3.8) is 0 Å². The van der Waals surface area contributed by atoms with E-state index in [1.165, 1.54) is 22.8 Å². The molecule has 0 unspecified atom stereocenters. The number of amides is 1. The topological polar surface area (TPSA) is 97.8 Å². The van der Waals surface area contributed by atoms with Gasteiger partial charge in [-0.3, -0.25) is 5.32 Å². The van der Waals surface area contributed by atoms with E-state index in [-0.39, 0.29) is 11.4 Å². The summed E-state index contributed by atoms with van der Waals surface area (Å²) in [4.78, 5) is 16.7. The summed E-state index contributed by atoms with van der Waals surface area (Å²) in [6.45, 7) is 2.96. The van der Waals surface area contributed by atoms with Gasteiger partial charge in [-0.1, -0.05) is 11.3 Å². The fraction of sp³-hybridized carbons (Fsp3) is 0.375. The third kappa shape index (κ3) is 3.81. The first-order chi connectivity index (χ1) is 12.4. The molecular formula is C16H19N3O5S2. The fourth-order valence-corrected chi connectivity index (χ4v) is 5.09. The van der Waals surface area contributed by atoms with E-state index in [0.717, 1.165) is 10.6 Å². The molecule has 26 heavy (non-hydrogen) atoms. The van der Waals surface area contributed by atoms with Crippen LogP contribution < -0.4 is 10.1 Å². The van der Waals surface area contributed by atoms with E-state index in [0.29, 0.717) is 30.5 Å². The summed E-state index contributed by atoms with van der Waals surface area (Å²) in [7, 11) is -2.34. The number of benzene rings is 1. The average molecular weight is 397 g/mol. The van der Waals surface area contributed by atoms with Gasteiger partial charge in [-0.25, -0.2) is 18.2 Å². The van der Waals surface area contributed by atoms with Crippen molar-refractivity contribution in [3.05, 3.63) is 34.8 Å². The van der Waals surface area contributed by atoms with E-state index >= 15 is 0 Å². The van der Waals surface area contributed by atoms with Crippen molar-refractivity contribution in [3.8, 4) is 5.75 Å². The number of thiazole rings is 1. The molecule has 0 saturated carbocycles. The van der Waals surface area contributed by atoms with Crippen molar-refractivity contribution in [1.82, 2.24) is 9.29 Å². The highest BCUT2D eigenvalue weighted by atomic mass is 32.2. The Bertz CT molecular complexity index is 893. The Morgan fingerprint density at radius 3 is 2.73 bits per heavy atom. The molecule has 8 nitrogen and oxygen atoms in total. The van der Waals surface area contributed by atoms with Gasteiger partial charge in [-0.15, -0.1) is 0 Å². The minimum atomic E-state index is -3.61. The summed E-state index contributed by atoms with van der Waals surface area (Å²) in [5.74, 6) is 0.633. The van der Waals surface area contributed by atoms with Gasteiger partial charge < -0.3 is 9.47 Å². The zero-order valence-corrected chi connectivity index (χ0v) is 16.0. The van der Waals surface area contributed by atoms with Gasteiger partial charge in [0.2, 0.25) is 10.0 Å². The van der Waals surface area contributed by atoms with Gasteiger partial charge in [0.15, 0.2) is 5.13 Å². The molecule has 140 valence electrons. The number of sulfonamides is 1. The van der Waals surface area contributed by atoms with Crippen LogP contribution in [0.25, 0.3) is 0 Å². The van der Waals surface area contributed by atoms with Crippen LogP contribution in [0.5, 0.6) is 5.75 Å². The lowest BCUT2D eigenvalue weighted by atomic mass is 10.2. The summed E-state index contributed by atoms with van der Waals surface area (Å²) < 4.78 is 37.1. The SMILES string of the molecule is CCOc1ccc(S(=O)(=O)N2CCc3nc(NC(=O)OC)sc3C2)cc1. The van der Waals surface area contributed by atoms with E-state index in [1.807, 2.05) is 6.92 Å². The number of anilines is 1. The molecule has 2 heterocycles. The lowest BCUT2D eigenvalue weighted by Gasteiger charge is -2.25. The van der Waals surface area contributed by atoms with Gasteiger partial charge in [0.25, 0.3) is 0 Å². The first kappa shape index (κ1) is 18.6. The second-order valence-electron chi connectivity index (χ2n) is 5.50. The van der Waals surface area contributed by atoms with Gasteiger partial charge in [-0.05, 0) is 31.2 Å². The highest BCUT2D eigenvalue weighted by Crippen LogP contribution is 2.31. The average Bonchev–Trinajstić information content (AvgIpc) is 3.03. The largest absolute Gasteiger partial charge is 0.494 e. The number of nitrogens with one attached hydrogen (secondary N) is 1. The number of methoxy groups -OCH3 is 1. The maximum absolute atomic E-state index is 12.9. The van der Waals surface area contributed by atoms with Crippen LogP contribution in [-0.4, -0.2) is 44.1 Å². The Labute approximate surface area is 155 Å². The van der Waals surface area contributed by atoms with Gasteiger partial charge in [0, 0.05) is 17.8 Å². The van der Waals surface area contributed by atoms with Crippen LogP contribution in [-0.2, 0) is 27.7 Å².